The van der Waals surface area contributed by atoms with Gasteiger partial charge >= 0.3 is 5.69 Å². The predicted molar refractivity (Wildman–Crippen MR) is 57.1 cm³/mol. The molecule has 1 aromatic carbocycles. The maximum atomic E-state index is 12.9. The molecule has 0 amide bonds. The van der Waals surface area contributed by atoms with E-state index in [2.05, 4.69) is 5.32 Å². The van der Waals surface area contributed by atoms with Gasteiger partial charge in [-0.3, -0.25) is 10.1 Å². The fraction of sp³-hybridized carbons (Fsp3) is 0.400. The van der Waals surface area contributed by atoms with E-state index in [1.165, 1.54) is 0 Å². The van der Waals surface area contributed by atoms with Crippen LogP contribution >= 0.6 is 0 Å². The summed E-state index contributed by atoms with van der Waals surface area (Å²) in [6, 6.07) is 3.17. The molecular weight excluding hydrogens is 215 g/mol. The van der Waals surface area contributed by atoms with Crippen molar-refractivity contribution in [3.8, 4) is 5.75 Å². The van der Waals surface area contributed by atoms with Gasteiger partial charge in [0.1, 0.15) is 5.82 Å². The number of nitro benzene ring substituents is 1. The average molecular weight is 228 g/mol. The standard InChI is InChI=1S/C10H13FN2O3/c1-12-5-2-6-16-10-7-8(11)3-4-9(10)13(14)15/h3-4,7,12H,2,5-6H2,1H3. The molecule has 0 saturated heterocycles. The van der Waals surface area contributed by atoms with E-state index >= 15 is 0 Å². The quantitative estimate of drug-likeness (QED) is 0.457. The lowest BCUT2D eigenvalue weighted by atomic mass is 10.3. The summed E-state index contributed by atoms with van der Waals surface area (Å²) in [6.07, 6.45) is 0.699. The van der Waals surface area contributed by atoms with E-state index in [9.17, 15) is 14.5 Å². The van der Waals surface area contributed by atoms with Crippen molar-refractivity contribution in [2.45, 2.75) is 6.42 Å². The molecule has 0 radical (unpaired) electrons. The lowest BCUT2D eigenvalue weighted by Gasteiger charge is -2.06. The molecule has 0 fully saturated rings. The van der Waals surface area contributed by atoms with E-state index in [4.69, 9.17) is 4.74 Å². The summed E-state index contributed by atoms with van der Waals surface area (Å²) >= 11 is 0. The lowest BCUT2D eigenvalue weighted by Crippen LogP contribution is -2.12. The minimum atomic E-state index is -0.590. The molecule has 0 atom stereocenters. The predicted octanol–water partition coefficient (Wildman–Crippen LogP) is 1.72. The van der Waals surface area contributed by atoms with Crippen LogP contribution in [0.3, 0.4) is 0 Å². The van der Waals surface area contributed by atoms with E-state index in [0.717, 1.165) is 24.7 Å². The Kier molecular flexibility index (Phi) is 4.65. The van der Waals surface area contributed by atoms with Crippen LogP contribution in [0.4, 0.5) is 10.1 Å². The van der Waals surface area contributed by atoms with Crippen LogP contribution in [-0.2, 0) is 0 Å². The highest BCUT2D eigenvalue weighted by molar-refractivity contribution is 5.46. The summed E-state index contributed by atoms with van der Waals surface area (Å²) in [5.74, 6) is -0.574. The highest BCUT2D eigenvalue weighted by Gasteiger charge is 2.15. The largest absolute Gasteiger partial charge is 0.487 e. The number of benzene rings is 1. The van der Waals surface area contributed by atoms with Crippen LogP contribution < -0.4 is 10.1 Å². The van der Waals surface area contributed by atoms with Crippen LogP contribution in [0.2, 0.25) is 0 Å². The zero-order chi connectivity index (χ0) is 12.0. The number of nitrogens with one attached hydrogen (secondary N) is 1. The Balaban J connectivity index is 2.68. The molecule has 1 N–H and O–H groups in total. The van der Waals surface area contributed by atoms with Crippen molar-refractivity contribution in [3.05, 3.63) is 34.1 Å². The molecule has 5 nitrogen and oxygen atoms in total. The van der Waals surface area contributed by atoms with Gasteiger partial charge in [-0.05, 0) is 26.1 Å². The molecule has 0 heterocycles. The first-order chi connectivity index (χ1) is 7.65. The van der Waals surface area contributed by atoms with Gasteiger partial charge in [0.2, 0.25) is 0 Å². The second kappa shape index (κ2) is 6.02. The van der Waals surface area contributed by atoms with Gasteiger partial charge < -0.3 is 10.1 Å². The highest BCUT2D eigenvalue weighted by atomic mass is 19.1. The highest BCUT2D eigenvalue weighted by Crippen LogP contribution is 2.27. The number of ether oxygens (including phenoxy) is 1. The van der Waals surface area contributed by atoms with Crippen molar-refractivity contribution in [2.75, 3.05) is 20.2 Å². The second-order valence-corrected chi connectivity index (χ2v) is 3.17. The molecule has 0 spiro atoms. The monoisotopic (exact) mass is 228 g/mol. The number of nitro groups is 1. The van der Waals surface area contributed by atoms with Gasteiger partial charge in [0.05, 0.1) is 11.5 Å². The van der Waals surface area contributed by atoms with Gasteiger partial charge in [-0.2, -0.15) is 0 Å². The minimum Gasteiger partial charge on any atom is -0.487 e. The number of hydrogen-bond acceptors (Lipinski definition) is 4. The first-order valence-corrected chi connectivity index (χ1v) is 4.86. The van der Waals surface area contributed by atoms with Gasteiger partial charge in [-0.1, -0.05) is 0 Å². The van der Waals surface area contributed by atoms with Gasteiger partial charge in [0.25, 0.3) is 0 Å². The molecule has 0 aliphatic heterocycles. The SMILES string of the molecule is CNCCCOc1cc(F)ccc1[N+](=O)[O-]. The van der Waals surface area contributed by atoms with Crippen LogP contribution in [0.5, 0.6) is 5.75 Å². The Morgan fingerprint density at radius 2 is 2.31 bits per heavy atom. The summed E-state index contributed by atoms with van der Waals surface area (Å²) in [7, 11) is 1.80. The Morgan fingerprint density at radius 1 is 1.56 bits per heavy atom. The third kappa shape index (κ3) is 3.47. The zero-order valence-electron chi connectivity index (χ0n) is 8.90. The average Bonchev–Trinajstić information content (AvgIpc) is 2.24. The first kappa shape index (κ1) is 12.4. The van der Waals surface area contributed by atoms with Crippen LogP contribution in [0, 0.1) is 15.9 Å². The third-order valence-electron chi connectivity index (χ3n) is 1.95. The lowest BCUT2D eigenvalue weighted by molar-refractivity contribution is -0.385. The molecule has 0 aliphatic rings. The van der Waals surface area contributed by atoms with Crippen LogP contribution in [0.25, 0.3) is 0 Å². The fourth-order valence-corrected chi connectivity index (χ4v) is 1.19. The summed E-state index contributed by atoms with van der Waals surface area (Å²) in [5, 5.41) is 13.5. The van der Waals surface area contributed by atoms with Gasteiger partial charge in [-0.25, -0.2) is 4.39 Å². The summed E-state index contributed by atoms with van der Waals surface area (Å²) in [5.41, 5.74) is -0.217. The molecule has 0 unspecified atom stereocenters. The first-order valence-electron chi connectivity index (χ1n) is 4.86. The summed E-state index contributed by atoms with van der Waals surface area (Å²) in [6.45, 7) is 1.05. The maximum Gasteiger partial charge on any atom is 0.311 e. The molecule has 0 bridgehead atoms. The Morgan fingerprint density at radius 3 is 2.94 bits per heavy atom. The summed E-state index contributed by atoms with van der Waals surface area (Å²) < 4.78 is 18.0. The smallest absolute Gasteiger partial charge is 0.311 e. The van der Waals surface area contributed by atoms with Crippen LogP contribution in [0.1, 0.15) is 6.42 Å². The number of hydrogen-bond donors (Lipinski definition) is 1. The maximum absolute atomic E-state index is 12.9. The molecule has 88 valence electrons. The van der Waals surface area contributed by atoms with Crippen molar-refractivity contribution >= 4 is 5.69 Å². The Hall–Kier alpha value is -1.69. The number of halogens is 1. The van der Waals surface area contributed by atoms with Gasteiger partial charge in [0, 0.05) is 12.1 Å². The van der Waals surface area contributed by atoms with Crippen molar-refractivity contribution in [2.24, 2.45) is 0 Å². The normalized spacial score (nSPS) is 10.1. The fourth-order valence-electron chi connectivity index (χ4n) is 1.19. The third-order valence-corrected chi connectivity index (χ3v) is 1.95. The van der Waals surface area contributed by atoms with E-state index in [0.29, 0.717) is 13.0 Å². The van der Waals surface area contributed by atoms with Crippen molar-refractivity contribution in [1.29, 1.82) is 0 Å². The van der Waals surface area contributed by atoms with Crippen molar-refractivity contribution in [1.82, 2.24) is 5.32 Å². The molecule has 0 aromatic heterocycles. The number of rotatable bonds is 6. The van der Waals surface area contributed by atoms with Crippen LogP contribution in [0.15, 0.2) is 18.2 Å². The van der Waals surface area contributed by atoms with E-state index in [-0.39, 0.29) is 11.4 Å². The van der Waals surface area contributed by atoms with Gasteiger partial charge in [-0.15, -0.1) is 0 Å². The molecule has 0 saturated carbocycles. The molecular formula is C10H13FN2O3. The molecule has 1 aromatic rings. The second-order valence-electron chi connectivity index (χ2n) is 3.17. The number of nitrogens with zero attached hydrogens (tertiary/aromatic N) is 1. The van der Waals surface area contributed by atoms with E-state index in [1.807, 2.05) is 0 Å². The van der Waals surface area contributed by atoms with E-state index < -0.39 is 10.7 Å². The van der Waals surface area contributed by atoms with Crippen molar-refractivity contribution < 1.29 is 14.1 Å². The molecule has 0 aliphatic carbocycles. The zero-order valence-corrected chi connectivity index (χ0v) is 8.90. The Labute approximate surface area is 92.4 Å². The van der Waals surface area contributed by atoms with Crippen LogP contribution in [-0.4, -0.2) is 25.1 Å². The Bertz CT molecular complexity index is 371. The summed E-state index contributed by atoms with van der Waals surface area (Å²) in [4.78, 5) is 10.0. The minimum absolute atomic E-state index is 0.0268. The molecule has 16 heavy (non-hydrogen) atoms. The molecule has 6 heteroatoms. The topological polar surface area (TPSA) is 64.4 Å². The van der Waals surface area contributed by atoms with Crippen molar-refractivity contribution in [3.63, 3.8) is 0 Å². The van der Waals surface area contributed by atoms with E-state index in [1.54, 1.807) is 7.05 Å². The molecule has 1 rings (SSSR count). The van der Waals surface area contributed by atoms with Gasteiger partial charge in [0.15, 0.2) is 5.75 Å².